The van der Waals surface area contributed by atoms with Gasteiger partial charge >= 0.3 is 13.0 Å². The fraction of sp³-hybridized carbons (Fsp3) is 0.545. The maximum atomic E-state index is 12.8. The molecule has 0 radical (unpaired) electrons. The van der Waals surface area contributed by atoms with Gasteiger partial charge in [-0.3, -0.25) is 9.59 Å². The zero-order valence-corrected chi connectivity index (χ0v) is 19.8. The number of ether oxygens (including phenoxy) is 4. The van der Waals surface area contributed by atoms with E-state index in [1.807, 2.05) is 44.2 Å². The van der Waals surface area contributed by atoms with Crippen LogP contribution in [0.1, 0.15) is 49.0 Å². The fourth-order valence-electron chi connectivity index (χ4n) is 4.17. The van der Waals surface area contributed by atoms with Crippen molar-refractivity contribution < 1.29 is 33.6 Å². The van der Waals surface area contributed by atoms with Crippen molar-refractivity contribution in [1.29, 1.82) is 0 Å². The second kappa shape index (κ2) is 10.8. The van der Waals surface area contributed by atoms with Crippen molar-refractivity contribution in [3.63, 3.8) is 0 Å². The van der Waals surface area contributed by atoms with Crippen LogP contribution in [0, 0.1) is 5.92 Å². The number of amides is 1. The van der Waals surface area contributed by atoms with E-state index in [0.717, 1.165) is 12.0 Å². The number of carbonyl (C=O) groups is 2. The van der Waals surface area contributed by atoms with Gasteiger partial charge in [0.25, 0.3) is 5.91 Å². The highest BCUT2D eigenvalue weighted by atomic mass is 16.8. The summed E-state index contributed by atoms with van der Waals surface area (Å²) >= 11 is 0. The number of nitrogens with two attached hydrogens (primary N) is 1. The van der Waals surface area contributed by atoms with E-state index in [1.54, 1.807) is 6.82 Å². The number of primary amides is 1. The van der Waals surface area contributed by atoms with Gasteiger partial charge in [-0.2, -0.15) is 0 Å². The molecule has 35 heavy (non-hydrogen) atoms. The third-order valence-corrected chi connectivity index (χ3v) is 6.19. The molecule has 1 amide bonds. The van der Waals surface area contributed by atoms with Crippen LogP contribution in [-0.2, 0) is 23.7 Å². The van der Waals surface area contributed by atoms with Crippen molar-refractivity contribution in [3.05, 3.63) is 48.0 Å². The molecule has 2 aromatic rings. The van der Waals surface area contributed by atoms with E-state index in [-0.39, 0.29) is 18.3 Å². The summed E-state index contributed by atoms with van der Waals surface area (Å²) in [5, 5.41) is 16.7. The fourth-order valence-corrected chi connectivity index (χ4v) is 4.17. The normalized spacial score (nSPS) is 27.3. The van der Waals surface area contributed by atoms with Gasteiger partial charge in [0.1, 0.15) is 37.3 Å². The molecule has 0 spiro atoms. The Morgan fingerprint density at radius 2 is 1.97 bits per heavy atom. The van der Waals surface area contributed by atoms with Crippen molar-refractivity contribution in [2.75, 3.05) is 6.61 Å². The Labute approximate surface area is 203 Å². The molecule has 4 rings (SSSR count). The van der Waals surface area contributed by atoms with Crippen LogP contribution in [0.3, 0.4) is 0 Å². The topological polar surface area (TPSA) is 160 Å². The molecule has 4 unspecified atom stereocenters. The van der Waals surface area contributed by atoms with Gasteiger partial charge in [-0.25, -0.2) is 9.67 Å². The number of nitrogens with zero attached hydrogens (tertiary/aromatic N) is 3. The largest absolute Gasteiger partial charge is 0.462 e. The number of nitrogens with one attached hydrogen (secondary N) is 1. The third kappa shape index (κ3) is 5.54. The number of carbonyl (C=O) groups excluding carboxylic acids is 2. The minimum atomic E-state index is -0.872. The summed E-state index contributed by atoms with van der Waals surface area (Å²) in [7, 11) is -0.872. The van der Waals surface area contributed by atoms with Crippen LogP contribution in [0.5, 0.6) is 0 Å². The Kier molecular flexibility index (Phi) is 7.82. The van der Waals surface area contributed by atoms with Gasteiger partial charge in [-0.1, -0.05) is 50.6 Å². The molecule has 1 aromatic heterocycles. The number of rotatable bonds is 10. The highest BCUT2D eigenvalue weighted by molar-refractivity contribution is 6.46. The summed E-state index contributed by atoms with van der Waals surface area (Å²) in [6, 6.07) is 8.74. The minimum Gasteiger partial charge on any atom is -0.462 e. The second-order valence-corrected chi connectivity index (χ2v) is 8.76. The summed E-state index contributed by atoms with van der Waals surface area (Å²) in [5.41, 5.74) is 6.11. The summed E-state index contributed by atoms with van der Waals surface area (Å²) < 4.78 is 25.4. The highest BCUT2D eigenvalue weighted by Gasteiger charge is 2.54. The lowest BCUT2D eigenvalue weighted by Crippen LogP contribution is -2.49. The lowest BCUT2D eigenvalue weighted by molar-refractivity contribution is -0.170. The molecule has 1 aromatic carbocycles. The molecule has 0 bridgehead atoms. The molecular formula is C22H30BN5O7. The first-order valence-corrected chi connectivity index (χ1v) is 11.6. The molecule has 2 aliphatic rings. The molecule has 12 nitrogen and oxygen atoms in total. The number of fused-ring (bicyclic) bond motifs is 1. The van der Waals surface area contributed by atoms with E-state index in [1.165, 1.54) is 11.0 Å². The average molecular weight is 487 g/mol. The van der Waals surface area contributed by atoms with Gasteiger partial charge < -0.3 is 34.9 Å². The van der Waals surface area contributed by atoms with Gasteiger partial charge in [-0.15, -0.1) is 5.10 Å². The van der Waals surface area contributed by atoms with Crippen molar-refractivity contribution in [3.8, 4) is 0 Å². The van der Waals surface area contributed by atoms with Gasteiger partial charge in [-0.05, 0) is 12.7 Å². The van der Waals surface area contributed by atoms with E-state index in [4.69, 9.17) is 24.7 Å². The third-order valence-electron chi connectivity index (χ3n) is 6.19. The molecule has 13 heteroatoms. The number of hydrogen-bond acceptors (Lipinski definition) is 10. The number of benzene rings is 1. The van der Waals surface area contributed by atoms with Crippen LogP contribution in [-0.4, -0.2) is 69.7 Å². The van der Waals surface area contributed by atoms with Crippen LogP contribution in [0.25, 0.3) is 0 Å². The minimum absolute atomic E-state index is 0.0574. The predicted molar refractivity (Wildman–Crippen MR) is 123 cm³/mol. The second-order valence-electron chi connectivity index (χ2n) is 8.76. The predicted octanol–water partition coefficient (Wildman–Crippen LogP) is 0.415. The van der Waals surface area contributed by atoms with E-state index in [2.05, 4.69) is 15.3 Å². The lowest BCUT2D eigenvalue weighted by atomic mass is 9.84. The average Bonchev–Trinajstić information content (AvgIpc) is 3.57. The standard InChI is InChI=1S/C22H30BN5O7/c1-4-12(2)15(26-23(3)31)21(30)32-10-14-16-17(35-22(34-16)13-8-6-5-7-9-13)20(33-14)28-11-25-19(27-28)18(24)29/h5-9,11-12,14-17,20,22,26,31H,4,10H2,1-3H3,(H2,24,29)/t12-,14?,15+,16?,17+,20?,22?/m0/s1. The number of esters is 1. The SMILES string of the molecule is CC[C@H](C)[C@@H](NB(C)O)C(=O)OCC1OC(n2cnc(C(N)=O)n2)[C@@H]2OC(c3ccccc3)OC12. The quantitative estimate of drug-likeness (QED) is 0.316. The van der Waals surface area contributed by atoms with Crippen LogP contribution >= 0.6 is 0 Å². The molecule has 0 saturated carbocycles. The van der Waals surface area contributed by atoms with E-state index < -0.39 is 55.8 Å². The van der Waals surface area contributed by atoms with Crippen molar-refractivity contribution >= 4 is 18.9 Å². The highest BCUT2D eigenvalue weighted by Crippen LogP contribution is 2.44. The Bertz CT molecular complexity index is 1020. The van der Waals surface area contributed by atoms with E-state index >= 15 is 0 Å². The molecule has 2 fully saturated rings. The van der Waals surface area contributed by atoms with Crippen LogP contribution < -0.4 is 11.0 Å². The molecule has 7 atom stereocenters. The molecule has 4 N–H and O–H groups in total. The molecule has 2 aliphatic heterocycles. The van der Waals surface area contributed by atoms with Crippen molar-refractivity contribution in [2.24, 2.45) is 11.7 Å². The Morgan fingerprint density at radius 1 is 1.26 bits per heavy atom. The van der Waals surface area contributed by atoms with Gasteiger partial charge in [0.05, 0.1) is 0 Å². The van der Waals surface area contributed by atoms with Gasteiger partial charge in [0.15, 0.2) is 12.5 Å². The van der Waals surface area contributed by atoms with Gasteiger partial charge in [0, 0.05) is 5.56 Å². The lowest BCUT2D eigenvalue weighted by Gasteiger charge is -2.25. The Morgan fingerprint density at radius 3 is 2.60 bits per heavy atom. The zero-order valence-electron chi connectivity index (χ0n) is 19.8. The summed E-state index contributed by atoms with van der Waals surface area (Å²) in [4.78, 5) is 28.2. The number of hydrogen-bond donors (Lipinski definition) is 3. The maximum Gasteiger partial charge on any atom is 0.374 e. The van der Waals surface area contributed by atoms with E-state index in [9.17, 15) is 14.6 Å². The van der Waals surface area contributed by atoms with Crippen LogP contribution in [0.4, 0.5) is 0 Å². The smallest absolute Gasteiger partial charge is 0.374 e. The van der Waals surface area contributed by atoms with Crippen molar-refractivity contribution in [1.82, 2.24) is 20.0 Å². The van der Waals surface area contributed by atoms with Crippen LogP contribution in [0.15, 0.2) is 36.7 Å². The molecule has 2 saturated heterocycles. The molecule has 0 aliphatic carbocycles. The summed E-state index contributed by atoms with van der Waals surface area (Å²) in [5.74, 6) is -1.48. The molecule has 188 valence electrons. The monoisotopic (exact) mass is 487 g/mol. The molecule has 3 heterocycles. The molecular weight excluding hydrogens is 457 g/mol. The maximum absolute atomic E-state index is 12.8. The van der Waals surface area contributed by atoms with Crippen LogP contribution in [0.2, 0.25) is 6.82 Å². The van der Waals surface area contributed by atoms with Gasteiger partial charge in [0.2, 0.25) is 5.82 Å². The Balaban J connectivity index is 1.51. The van der Waals surface area contributed by atoms with Crippen molar-refractivity contribution in [2.45, 2.75) is 64.0 Å². The summed E-state index contributed by atoms with van der Waals surface area (Å²) in [6.45, 7) is 5.30. The Hall–Kier alpha value is -2.84. The first-order chi connectivity index (χ1) is 16.8. The first kappa shape index (κ1) is 25.3. The van der Waals surface area contributed by atoms with E-state index in [0.29, 0.717) is 0 Å². The summed E-state index contributed by atoms with van der Waals surface area (Å²) in [6.07, 6.45) is -1.23. The first-order valence-electron chi connectivity index (χ1n) is 11.6. The number of aromatic nitrogens is 3. The zero-order chi connectivity index (χ0) is 25.1.